The van der Waals surface area contributed by atoms with Crippen LogP contribution in [0.1, 0.15) is 67.7 Å². The van der Waals surface area contributed by atoms with Gasteiger partial charge >= 0.3 is 5.97 Å². The highest BCUT2D eigenvalue weighted by Gasteiger charge is 2.32. The maximum atomic E-state index is 12.7. The predicted octanol–water partition coefficient (Wildman–Crippen LogP) is 4.85. The Bertz CT molecular complexity index is 1130. The standard InChI is InChI=1S/C32H45ClN2O6/c1-21(20-22(2)27-18-17-26(24(4)40-8)31(39)41-27)12-9-10-14-28(37)35-29(32(5,6)7)30(38)34-19-11-13-25(36)16-15-23(3)33/h9,11-12,15,17,19-20,22,24-25,27,29,36H,13,16,18H2,1-8H3,(H,34,38)(H,35,37)/b12-9-,19-11-,21-20+,23-15+/t22-,24+,25+,27-,29+/m0/s1. The van der Waals surface area contributed by atoms with Gasteiger partial charge in [-0.05, 0) is 57.2 Å². The highest BCUT2D eigenvalue weighted by molar-refractivity contribution is 6.29. The molecule has 0 saturated carbocycles. The van der Waals surface area contributed by atoms with Crippen molar-refractivity contribution in [3.05, 3.63) is 58.8 Å². The van der Waals surface area contributed by atoms with Crippen LogP contribution in [0.3, 0.4) is 0 Å². The molecule has 9 heteroatoms. The third kappa shape index (κ3) is 13.9. The second-order valence-corrected chi connectivity index (χ2v) is 11.8. The number of halogens is 1. The first-order valence-electron chi connectivity index (χ1n) is 13.7. The van der Waals surface area contributed by atoms with E-state index in [9.17, 15) is 19.5 Å². The number of carbonyl (C=O) groups is 3. The lowest BCUT2D eigenvalue weighted by molar-refractivity contribution is -0.148. The van der Waals surface area contributed by atoms with Crippen molar-refractivity contribution in [1.29, 1.82) is 0 Å². The Kier molecular flexibility index (Phi) is 15.4. The van der Waals surface area contributed by atoms with Gasteiger partial charge in [-0.15, -0.1) is 0 Å². The molecule has 0 aromatic heterocycles. The summed E-state index contributed by atoms with van der Waals surface area (Å²) in [7, 11) is 1.55. The number of hydrogen-bond acceptors (Lipinski definition) is 6. The lowest BCUT2D eigenvalue weighted by Crippen LogP contribution is -2.52. The number of esters is 1. The molecule has 41 heavy (non-hydrogen) atoms. The Labute approximate surface area is 250 Å². The molecule has 226 valence electrons. The Hall–Kier alpha value is -3.12. The summed E-state index contributed by atoms with van der Waals surface area (Å²) < 4.78 is 10.8. The maximum Gasteiger partial charge on any atom is 0.336 e. The highest BCUT2D eigenvalue weighted by Crippen LogP contribution is 2.24. The third-order valence-electron chi connectivity index (χ3n) is 6.41. The molecule has 1 aliphatic rings. The fraction of sp³-hybridized carbons (Fsp3) is 0.531. The smallest absolute Gasteiger partial charge is 0.336 e. The topological polar surface area (TPSA) is 114 Å². The van der Waals surface area contributed by atoms with Gasteiger partial charge < -0.3 is 25.2 Å². The number of allylic oxidation sites excluding steroid dienone is 4. The van der Waals surface area contributed by atoms with Crippen molar-refractivity contribution < 1.29 is 29.0 Å². The molecule has 1 aliphatic heterocycles. The van der Waals surface area contributed by atoms with Crippen molar-refractivity contribution >= 4 is 29.4 Å². The van der Waals surface area contributed by atoms with Crippen LogP contribution in [0.4, 0.5) is 0 Å². The number of methoxy groups -OCH3 is 1. The van der Waals surface area contributed by atoms with Crippen LogP contribution in [0.5, 0.6) is 0 Å². The average molecular weight is 589 g/mol. The van der Waals surface area contributed by atoms with Crippen molar-refractivity contribution in [2.24, 2.45) is 11.3 Å². The largest absolute Gasteiger partial charge is 0.458 e. The van der Waals surface area contributed by atoms with Crippen LogP contribution in [0.2, 0.25) is 0 Å². The van der Waals surface area contributed by atoms with Crippen molar-refractivity contribution in [2.45, 2.75) is 92.1 Å². The van der Waals surface area contributed by atoms with E-state index >= 15 is 0 Å². The molecule has 1 rings (SSSR count). The van der Waals surface area contributed by atoms with Gasteiger partial charge in [0.15, 0.2) is 0 Å². The summed E-state index contributed by atoms with van der Waals surface area (Å²) in [5, 5.41) is 15.9. The Morgan fingerprint density at radius 2 is 1.95 bits per heavy atom. The first-order chi connectivity index (χ1) is 19.1. The van der Waals surface area contributed by atoms with E-state index in [0.29, 0.717) is 29.9 Å². The molecule has 0 bridgehead atoms. The highest BCUT2D eigenvalue weighted by atomic mass is 35.5. The van der Waals surface area contributed by atoms with E-state index in [1.807, 2.05) is 53.7 Å². The predicted molar refractivity (Wildman–Crippen MR) is 162 cm³/mol. The van der Waals surface area contributed by atoms with Crippen LogP contribution in [0, 0.1) is 23.2 Å². The van der Waals surface area contributed by atoms with Gasteiger partial charge in [0.05, 0.1) is 17.8 Å². The molecular weight excluding hydrogens is 544 g/mol. The van der Waals surface area contributed by atoms with Crippen LogP contribution in [-0.4, -0.2) is 54.4 Å². The minimum atomic E-state index is -0.827. The van der Waals surface area contributed by atoms with Gasteiger partial charge in [-0.25, -0.2) is 4.79 Å². The van der Waals surface area contributed by atoms with E-state index in [4.69, 9.17) is 21.1 Å². The number of aliphatic hydroxyl groups excluding tert-OH is 1. The summed E-state index contributed by atoms with van der Waals surface area (Å²) in [5.74, 6) is 3.85. The first kappa shape index (κ1) is 35.9. The Balaban J connectivity index is 2.69. The minimum Gasteiger partial charge on any atom is -0.458 e. The van der Waals surface area contributed by atoms with E-state index in [1.165, 1.54) is 6.20 Å². The number of aliphatic hydroxyl groups is 1. The molecule has 0 aromatic rings. The molecule has 1 heterocycles. The van der Waals surface area contributed by atoms with Gasteiger partial charge in [-0.2, -0.15) is 0 Å². The van der Waals surface area contributed by atoms with E-state index in [-0.39, 0.29) is 30.0 Å². The normalized spacial score (nSPS) is 19.5. The lowest BCUT2D eigenvalue weighted by atomic mass is 9.86. The summed E-state index contributed by atoms with van der Waals surface area (Å²) in [6.07, 6.45) is 12.2. The monoisotopic (exact) mass is 588 g/mol. The second kappa shape index (κ2) is 17.6. The summed E-state index contributed by atoms with van der Waals surface area (Å²) in [5.41, 5.74) is 0.874. The van der Waals surface area contributed by atoms with Crippen LogP contribution in [0.15, 0.2) is 58.8 Å². The van der Waals surface area contributed by atoms with Crippen LogP contribution in [-0.2, 0) is 23.9 Å². The zero-order valence-corrected chi connectivity index (χ0v) is 26.2. The number of cyclic esters (lactones) is 1. The average Bonchev–Trinajstić information content (AvgIpc) is 2.89. The zero-order valence-electron chi connectivity index (χ0n) is 25.4. The fourth-order valence-corrected chi connectivity index (χ4v) is 3.99. The molecular formula is C32H45ClN2O6. The summed E-state index contributed by atoms with van der Waals surface area (Å²) in [4.78, 5) is 37.5. The van der Waals surface area contributed by atoms with Gasteiger partial charge in [0.2, 0.25) is 5.91 Å². The number of ether oxygens (including phenoxy) is 2. The van der Waals surface area contributed by atoms with Gasteiger partial charge in [0, 0.05) is 24.5 Å². The van der Waals surface area contributed by atoms with Gasteiger partial charge in [-0.1, -0.05) is 81.2 Å². The Morgan fingerprint density at radius 3 is 2.54 bits per heavy atom. The molecule has 0 saturated heterocycles. The zero-order chi connectivity index (χ0) is 31.2. The summed E-state index contributed by atoms with van der Waals surface area (Å²) in [6, 6.07) is -0.827. The number of amides is 2. The Morgan fingerprint density at radius 1 is 1.27 bits per heavy atom. The minimum absolute atomic E-state index is 0.0226. The number of rotatable bonds is 12. The fourth-order valence-electron chi connectivity index (χ4n) is 3.91. The van der Waals surface area contributed by atoms with Gasteiger partial charge in [0.25, 0.3) is 5.91 Å². The van der Waals surface area contributed by atoms with Crippen molar-refractivity contribution in [2.75, 3.05) is 7.11 Å². The second-order valence-electron chi connectivity index (χ2n) is 11.2. The van der Waals surface area contributed by atoms with Gasteiger partial charge in [-0.3, -0.25) is 9.59 Å². The van der Waals surface area contributed by atoms with E-state index in [0.717, 1.165) is 5.57 Å². The van der Waals surface area contributed by atoms with Crippen molar-refractivity contribution in [3.63, 3.8) is 0 Å². The molecule has 0 aliphatic carbocycles. The summed E-state index contributed by atoms with van der Waals surface area (Å²) >= 11 is 5.77. The molecule has 3 N–H and O–H groups in total. The maximum absolute atomic E-state index is 12.7. The molecule has 0 radical (unpaired) electrons. The van der Waals surface area contributed by atoms with Gasteiger partial charge in [0.1, 0.15) is 12.1 Å². The summed E-state index contributed by atoms with van der Waals surface area (Å²) in [6.45, 7) is 12.9. The quantitative estimate of drug-likeness (QED) is 0.171. The van der Waals surface area contributed by atoms with E-state index in [1.54, 1.807) is 38.3 Å². The lowest BCUT2D eigenvalue weighted by Gasteiger charge is -2.29. The number of carbonyl (C=O) groups excluding carboxylic acids is 3. The van der Waals surface area contributed by atoms with E-state index in [2.05, 4.69) is 22.5 Å². The van der Waals surface area contributed by atoms with Crippen molar-refractivity contribution in [1.82, 2.24) is 10.6 Å². The molecule has 0 spiro atoms. The molecule has 0 aromatic carbocycles. The number of hydrogen-bond donors (Lipinski definition) is 3. The van der Waals surface area contributed by atoms with E-state index < -0.39 is 23.5 Å². The molecule has 5 atom stereocenters. The first-order valence-corrected chi connectivity index (χ1v) is 14.1. The van der Waals surface area contributed by atoms with Crippen LogP contribution >= 0.6 is 11.6 Å². The van der Waals surface area contributed by atoms with Crippen LogP contribution < -0.4 is 10.6 Å². The molecule has 8 nitrogen and oxygen atoms in total. The molecule has 0 fully saturated rings. The van der Waals surface area contributed by atoms with Crippen LogP contribution in [0.25, 0.3) is 0 Å². The molecule has 0 unspecified atom stereocenters. The van der Waals surface area contributed by atoms with Crippen molar-refractivity contribution in [3.8, 4) is 11.8 Å². The number of nitrogens with one attached hydrogen (secondary N) is 2. The molecule has 2 amide bonds. The third-order valence-corrected chi connectivity index (χ3v) is 6.56. The SMILES string of the molecule is CO[C@H](C)C1=CC[C@@H]([C@@H](C)/C=C(C)/C=C\C#CC(=O)N[C@H](C(=O)N/C=C\C[C@@H](O)C/C=C(\C)Cl)C(C)(C)C)OC1=O.